The van der Waals surface area contributed by atoms with Crippen LogP contribution in [0.2, 0.25) is 0 Å². The van der Waals surface area contributed by atoms with Crippen LogP contribution in [0.1, 0.15) is 54.5 Å². The molecular weight excluding hydrogens is 572 g/mol. The molecule has 3 aromatic carbocycles. The van der Waals surface area contributed by atoms with Crippen molar-refractivity contribution in [3.63, 3.8) is 0 Å². The second kappa shape index (κ2) is 12.2. The van der Waals surface area contributed by atoms with E-state index in [0.717, 1.165) is 11.1 Å². The smallest absolute Gasteiger partial charge is 0.318 e. The van der Waals surface area contributed by atoms with Crippen LogP contribution in [0.15, 0.2) is 108 Å². The van der Waals surface area contributed by atoms with Crippen molar-refractivity contribution in [2.75, 3.05) is 0 Å². The van der Waals surface area contributed by atoms with E-state index in [1.165, 1.54) is 18.3 Å². The molecule has 5 rings (SSSR count). The van der Waals surface area contributed by atoms with Crippen LogP contribution in [0, 0.1) is 22.7 Å². The second-order valence-corrected chi connectivity index (χ2v) is 14.4. The molecule has 0 bridgehead atoms. The summed E-state index contributed by atoms with van der Waals surface area (Å²) in [7, 11) is -3.82. The van der Waals surface area contributed by atoms with Gasteiger partial charge in [0, 0.05) is 25.0 Å². The minimum Gasteiger partial charge on any atom is -0.450 e. The van der Waals surface area contributed by atoms with Crippen LogP contribution < -0.4 is 0 Å². The number of rotatable bonds is 9. The number of carbonyl (C=O) groups excluding carboxylic acids is 2. The topological polar surface area (TPSA) is 114 Å². The first-order valence-corrected chi connectivity index (χ1v) is 16.1. The Morgan fingerprint density at radius 2 is 1.45 bits per heavy atom. The van der Waals surface area contributed by atoms with Gasteiger partial charge >= 0.3 is 5.97 Å². The molecule has 4 aromatic rings. The highest BCUT2D eigenvalue weighted by Gasteiger charge is 2.59. The van der Waals surface area contributed by atoms with Gasteiger partial charge in [0.1, 0.15) is 12.0 Å². The van der Waals surface area contributed by atoms with Gasteiger partial charge in [-0.05, 0) is 39.8 Å². The number of aromatic nitrogens is 1. The Labute approximate surface area is 258 Å². The van der Waals surface area contributed by atoms with Crippen molar-refractivity contribution in [1.82, 2.24) is 4.98 Å². The van der Waals surface area contributed by atoms with Crippen LogP contribution in [0.4, 0.5) is 0 Å². The zero-order valence-electron chi connectivity index (χ0n) is 24.9. The third-order valence-corrected chi connectivity index (χ3v) is 9.66. The molecule has 7 nitrogen and oxygen atoms in total. The number of ether oxygens (including phenoxy) is 1. The van der Waals surface area contributed by atoms with Crippen LogP contribution >= 0.6 is 0 Å². The largest absolute Gasteiger partial charge is 0.450 e. The number of carbonyl (C=O) groups is 2. The summed E-state index contributed by atoms with van der Waals surface area (Å²) in [5.41, 5.74) is 1.30. The highest BCUT2D eigenvalue weighted by molar-refractivity contribution is 7.90. The van der Waals surface area contributed by atoms with Crippen LogP contribution in [-0.2, 0) is 42.8 Å². The van der Waals surface area contributed by atoms with Gasteiger partial charge in [-0.2, -0.15) is 5.26 Å². The maximum atomic E-state index is 14.6. The van der Waals surface area contributed by atoms with Crippen LogP contribution in [0.5, 0.6) is 0 Å². The van der Waals surface area contributed by atoms with E-state index in [1.54, 1.807) is 18.2 Å². The standard InChI is InChI=1S/C36H34N2O5S/c1-35(2,3)32(29-16-10-15-27(19-29)24-44(41,42)30-18-17-28(22-37)23-38-30)31-33(39)36(43-34(31)40,20-25-11-6-4-7-12-25)21-26-13-8-5-9-14-26/h4-19,23,31-32H,20-21,24H2,1-3H3. The number of hydrogen-bond acceptors (Lipinski definition) is 7. The van der Waals surface area contributed by atoms with E-state index < -0.39 is 38.7 Å². The second-order valence-electron chi connectivity index (χ2n) is 12.4. The summed E-state index contributed by atoms with van der Waals surface area (Å²) in [6.07, 6.45) is 1.72. The van der Waals surface area contributed by atoms with Gasteiger partial charge in [0.25, 0.3) is 0 Å². The zero-order valence-corrected chi connectivity index (χ0v) is 25.8. The van der Waals surface area contributed by atoms with Crippen LogP contribution in [0.25, 0.3) is 0 Å². The SMILES string of the molecule is CC(C)(C)C(c1cccc(CS(=O)(=O)c2ccc(C#N)cn2)c1)C1C(=O)OC(Cc2ccccc2)(Cc2ccccc2)C1=O. The first-order valence-electron chi connectivity index (χ1n) is 14.4. The molecule has 0 N–H and O–H groups in total. The molecule has 2 atom stereocenters. The quantitative estimate of drug-likeness (QED) is 0.169. The van der Waals surface area contributed by atoms with Crippen molar-refractivity contribution in [3.05, 3.63) is 131 Å². The van der Waals surface area contributed by atoms with Gasteiger partial charge in [0.2, 0.25) is 0 Å². The normalized spacial score (nSPS) is 17.1. The number of sulfone groups is 1. The summed E-state index contributed by atoms with van der Waals surface area (Å²) in [5.74, 6) is -2.82. The monoisotopic (exact) mass is 606 g/mol. The molecule has 1 aliphatic rings. The van der Waals surface area contributed by atoms with Gasteiger partial charge in [0.15, 0.2) is 26.2 Å². The predicted molar refractivity (Wildman–Crippen MR) is 166 cm³/mol. The molecule has 0 spiro atoms. The van der Waals surface area contributed by atoms with E-state index >= 15 is 0 Å². The van der Waals surface area contributed by atoms with E-state index in [4.69, 9.17) is 10.00 Å². The molecule has 8 heteroatoms. The highest BCUT2D eigenvalue weighted by Crippen LogP contribution is 2.48. The van der Waals surface area contributed by atoms with Gasteiger partial charge in [-0.1, -0.05) is 106 Å². The molecule has 1 fully saturated rings. The molecule has 2 unspecified atom stereocenters. The molecule has 1 aromatic heterocycles. The Hall–Kier alpha value is -4.61. The highest BCUT2D eigenvalue weighted by atomic mass is 32.2. The number of esters is 1. The number of pyridine rings is 1. The average Bonchev–Trinajstić information content (AvgIpc) is 3.21. The van der Waals surface area contributed by atoms with Gasteiger partial charge in [-0.25, -0.2) is 13.4 Å². The Bertz CT molecular complexity index is 1770. The molecule has 44 heavy (non-hydrogen) atoms. The molecule has 224 valence electrons. The molecular formula is C36H34N2O5S. The Morgan fingerprint density at radius 1 is 0.864 bits per heavy atom. The van der Waals surface area contributed by atoms with Crippen molar-refractivity contribution in [2.24, 2.45) is 11.3 Å². The zero-order chi connectivity index (χ0) is 31.5. The number of benzene rings is 3. The van der Waals surface area contributed by atoms with Crippen molar-refractivity contribution >= 4 is 21.6 Å². The first kappa shape index (κ1) is 30.8. The van der Waals surface area contributed by atoms with Crippen molar-refractivity contribution < 1.29 is 22.7 Å². The third kappa shape index (κ3) is 6.48. The minimum absolute atomic E-state index is 0.129. The maximum Gasteiger partial charge on any atom is 0.318 e. The van der Waals surface area contributed by atoms with E-state index in [9.17, 15) is 18.0 Å². The molecule has 0 saturated carbocycles. The lowest BCUT2D eigenvalue weighted by Gasteiger charge is -2.34. The fraction of sp³-hybridized carbons (Fsp3) is 0.278. The lowest BCUT2D eigenvalue weighted by molar-refractivity contribution is -0.153. The van der Waals surface area contributed by atoms with Crippen LogP contribution in [0.3, 0.4) is 0 Å². The van der Waals surface area contributed by atoms with Crippen molar-refractivity contribution in [2.45, 2.75) is 55.9 Å². The summed E-state index contributed by atoms with van der Waals surface area (Å²) >= 11 is 0. The lowest BCUT2D eigenvalue weighted by atomic mass is 9.66. The fourth-order valence-corrected chi connectivity index (χ4v) is 7.39. The van der Waals surface area contributed by atoms with Gasteiger partial charge < -0.3 is 4.74 Å². The molecule has 1 aliphatic heterocycles. The summed E-state index contributed by atoms with van der Waals surface area (Å²) in [6, 6.07) is 30.8. The molecule has 0 amide bonds. The van der Waals surface area contributed by atoms with Gasteiger partial charge in [-0.15, -0.1) is 0 Å². The maximum absolute atomic E-state index is 14.6. The number of cyclic esters (lactones) is 1. The Kier molecular flexibility index (Phi) is 8.53. The third-order valence-electron chi connectivity index (χ3n) is 8.06. The van der Waals surface area contributed by atoms with Crippen molar-refractivity contribution in [1.29, 1.82) is 5.26 Å². The number of nitrogens with zero attached hydrogens (tertiary/aromatic N) is 2. The molecule has 1 saturated heterocycles. The number of nitriles is 1. The summed E-state index contributed by atoms with van der Waals surface area (Å²) in [4.78, 5) is 32.4. The molecule has 0 radical (unpaired) electrons. The number of hydrogen-bond donors (Lipinski definition) is 0. The fourth-order valence-electron chi connectivity index (χ4n) is 6.14. The molecule has 0 aliphatic carbocycles. The number of ketones is 1. The van der Waals surface area contributed by atoms with Crippen molar-refractivity contribution in [3.8, 4) is 6.07 Å². The lowest BCUT2D eigenvalue weighted by Crippen LogP contribution is -2.44. The van der Waals surface area contributed by atoms with E-state index in [2.05, 4.69) is 4.98 Å². The average molecular weight is 607 g/mol. The van der Waals surface area contributed by atoms with E-state index in [0.29, 0.717) is 11.1 Å². The number of Topliss-reactive ketones (excluding diaryl/α,β-unsaturated/α-hetero) is 1. The Balaban J connectivity index is 1.51. The minimum atomic E-state index is -3.82. The predicted octanol–water partition coefficient (Wildman–Crippen LogP) is 6.02. The summed E-state index contributed by atoms with van der Waals surface area (Å²) in [5, 5.41) is 8.90. The summed E-state index contributed by atoms with van der Waals surface area (Å²) in [6.45, 7) is 5.91. The van der Waals surface area contributed by atoms with Gasteiger partial charge in [-0.3, -0.25) is 9.59 Å². The van der Waals surface area contributed by atoms with E-state index in [1.807, 2.05) is 93.6 Å². The first-order chi connectivity index (χ1) is 20.9. The van der Waals surface area contributed by atoms with E-state index in [-0.39, 0.29) is 35.0 Å². The molecule has 2 heterocycles. The van der Waals surface area contributed by atoms with Gasteiger partial charge in [0.05, 0.1) is 11.3 Å². The van der Waals surface area contributed by atoms with Crippen LogP contribution in [-0.4, -0.2) is 30.8 Å². The Morgan fingerprint density at radius 3 is 1.98 bits per heavy atom. The summed E-state index contributed by atoms with van der Waals surface area (Å²) < 4.78 is 32.5.